The van der Waals surface area contributed by atoms with Crippen molar-refractivity contribution in [3.63, 3.8) is 0 Å². The van der Waals surface area contributed by atoms with Crippen LogP contribution in [0.2, 0.25) is 0 Å². The topological polar surface area (TPSA) is 91.7 Å². The number of amides is 4. The molecule has 1 aromatic heterocycles. The molecule has 0 unspecified atom stereocenters. The summed E-state index contributed by atoms with van der Waals surface area (Å²) in [6.07, 6.45) is -4.00. The Kier molecular flexibility index (Phi) is 4.64. The van der Waals surface area contributed by atoms with Gasteiger partial charge in [-0.05, 0) is 24.1 Å². The van der Waals surface area contributed by atoms with Crippen molar-refractivity contribution in [3.8, 4) is 0 Å². The number of nitrogens with one attached hydrogen (secondary N) is 2. The molecule has 1 atom stereocenters. The van der Waals surface area contributed by atoms with E-state index in [9.17, 15) is 27.6 Å². The van der Waals surface area contributed by atoms with E-state index in [4.69, 9.17) is 4.42 Å². The van der Waals surface area contributed by atoms with Crippen LogP contribution in [0.5, 0.6) is 0 Å². The highest BCUT2D eigenvalue weighted by Gasteiger charge is 2.68. The van der Waals surface area contributed by atoms with Crippen molar-refractivity contribution in [3.05, 3.63) is 60.1 Å². The van der Waals surface area contributed by atoms with Gasteiger partial charge in [-0.15, -0.1) is 0 Å². The first-order chi connectivity index (χ1) is 12.7. The van der Waals surface area contributed by atoms with Crippen LogP contribution in [0, 0.1) is 0 Å². The van der Waals surface area contributed by atoms with E-state index in [1.54, 1.807) is 41.0 Å². The number of carbonyl (C=O) groups excluding carboxylic acids is 3. The lowest BCUT2D eigenvalue weighted by Crippen LogP contribution is -2.69. The molecule has 1 aliphatic heterocycles. The standard InChI is InChI=1S/C17H14F3N3O4/c18-17(19,20)16(21-13(24)12-7-4-10-27-12)14(25)23(15(26)22-16)9-8-11-5-2-1-3-6-11/h1-7,10H,8-9H2,(H,21,24)(H,22,26)/t16-/m1/s1. The minimum absolute atomic E-state index is 0.167. The Balaban J connectivity index is 1.83. The molecule has 7 nitrogen and oxygen atoms in total. The molecule has 10 heteroatoms. The fraction of sp³-hybridized carbons (Fsp3) is 0.235. The molecule has 4 amide bonds. The van der Waals surface area contributed by atoms with E-state index in [2.05, 4.69) is 0 Å². The molecule has 0 aliphatic carbocycles. The molecular formula is C17H14F3N3O4. The van der Waals surface area contributed by atoms with Crippen molar-refractivity contribution >= 4 is 17.8 Å². The van der Waals surface area contributed by atoms with Crippen LogP contribution in [0.25, 0.3) is 0 Å². The van der Waals surface area contributed by atoms with E-state index < -0.39 is 35.4 Å². The highest BCUT2D eigenvalue weighted by atomic mass is 19.4. The molecule has 0 bridgehead atoms. The summed E-state index contributed by atoms with van der Waals surface area (Å²) in [5, 5.41) is 3.14. The van der Waals surface area contributed by atoms with Gasteiger partial charge in [0.25, 0.3) is 17.5 Å². The second kappa shape index (κ2) is 6.78. The first-order valence-electron chi connectivity index (χ1n) is 7.85. The number of carbonyl (C=O) groups is 3. The molecule has 27 heavy (non-hydrogen) atoms. The third-order valence-electron chi connectivity index (χ3n) is 4.04. The van der Waals surface area contributed by atoms with Gasteiger partial charge < -0.3 is 9.73 Å². The Morgan fingerprint density at radius 3 is 2.44 bits per heavy atom. The van der Waals surface area contributed by atoms with Crippen LogP contribution in [0.1, 0.15) is 16.1 Å². The second-order valence-corrected chi connectivity index (χ2v) is 5.80. The summed E-state index contributed by atoms with van der Waals surface area (Å²) in [5.74, 6) is -3.31. The number of benzene rings is 1. The molecule has 0 spiro atoms. The predicted molar refractivity (Wildman–Crippen MR) is 85.4 cm³/mol. The fourth-order valence-electron chi connectivity index (χ4n) is 2.65. The van der Waals surface area contributed by atoms with E-state index in [0.29, 0.717) is 4.90 Å². The van der Waals surface area contributed by atoms with Crippen LogP contribution in [-0.4, -0.2) is 41.1 Å². The van der Waals surface area contributed by atoms with Gasteiger partial charge in [-0.2, -0.15) is 13.2 Å². The number of hydrogen-bond acceptors (Lipinski definition) is 4. The number of rotatable bonds is 5. The van der Waals surface area contributed by atoms with Crippen LogP contribution in [-0.2, 0) is 11.2 Å². The van der Waals surface area contributed by atoms with Gasteiger partial charge >= 0.3 is 12.2 Å². The van der Waals surface area contributed by atoms with Crippen molar-refractivity contribution in [1.29, 1.82) is 0 Å². The maximum atomic E-state index is 13.7. The molecule has 0 radical (unpaired) electrons. The minimum atomic E-state index is -5.26. The fourth-order valence-corrected chi connectivity index (χ4v) is 2.65. The van der Waals surface area contributed by atoms with Crippen molar-refractivity contribution in [2.24, 2.45) is 0 Å². The lowest BCUT2D eigenvalue weighted by Gasteiger charge is -2.29. The Hall–Kier alpha value is -3.30. The largest absolute Gasteiger partial charge is 0.459 e. The maximum Gasteiger partial charge on any atom is 0.440 e. The van der Waals surface area contributed by atoms with Crippen molar-refractivity contribution in [2.45, 2.75) is 18.3 Å². The quantitative estimate of drug-likeness (QED) is 0.776. The summed E-state index contributed by atoms with van der Waals surface area (Å²) in [7, 11) is 0. The summed E-state index contributed by atoms with van der Waals surface area (Å²) in [6, 6.07) is 9.84. The highest BCUT2D eigenvalue weighted by Crippen LogP contribution is 2.34. The van der Waals surface area contributed by atoms with E-state index in [1.165, 1.54) is 6.07 Å². The Bertz CT molecular complexity index is 852. The summed E-state index contributed by atoms with van der Waals surface area (Å²) < 4.78 is 45.8. The SMILES string of the molecule is O=C(N[C@@]1(C(F)(F)F)NC(=O)N(CCc2ccccc2)C1=O)c1ccco1. The summed E-state index contributed by atoms with van der Waals surface area (Å²) in [4.78, 5) is 37.0. The van der Waals surface area contributed by atoms with E-state index >= 15 is 0 Å². The minimum Gasteiger partial charge on any atom is -0.459 e. The molecule has 2 aromatic rings. The molecule has 2 heterocycles. The molecule has 2 N–H and O–H groups in total. The average Bonchev–Trinajstić information content (AvgIpc) is 3.22. The zero-order valence-electron chi connectivity index (χ0n) is 13.7. The van der Waals surface area contributed by atoms with Crippen LogP contribution in [0.3, 0.4) is 0 Å². The Morgan fingerprint density at radius 1 is 1.15 bits per heavy atom. The number of hydrogen-bond donors (Lipinski definition) is 2. The van der Waals surface area contributed by atoms with Crippen molar-refractivity contribution in [1.82, 2.24) is 15.5 Å². The molecule has 3 rings (SSSR count). The normalized spacial score (nSPS) is 19.9. The van der Waals surface area contributed by atoms with Gasteiger partial charge in [-0.1, -0.05) is 30.3 Å². The van der Waals surface area contributed by atoms with Gasteiger partial charge in [0.05, 0.1) is 6.26 Å². The number of imide groups is 1. The van der Waals surface area contributed by atoms with Crippen LogP contribution in [0.4, 0.5) is 18.0 Å². The number of furan rings is 1. The average molecular weight is 381 g/mol. The predicted octanol–water partition coefficient (Wildman–Crippen LogP) is 2.06. The zero-order chi connectivity index (χ0) is 19.7. The van der Waals surface area contributed by atoms with Crippen molar-refractivity contribution in [2.75, 3.05) is 6.54 Å². The molecule has 142 valence electrons. The first-order valence-corrected chi connectivity index (χ1v) is 7.85. The summed E-state index contributed by atoms with van der Waals surface area (Å²) in [6.45, 7) is -0.275. The molecule has 1 fully saturated rings. The van der Waals surface area contributed by atoms with Gasteiger partial charge in [-0.25, -0.2) is 4.79 Å². The van der Waals surface area contributed by atoms with Gasteiger partial charge in [-0.3, -0.25) is 19.8 Å². The monoisotopic (exact) mass is 381 g/mol. The third-order valence-corrected chi connectivity index (χ3v) is 4.04. The Morgan fingerprint density at radius 2 is 1.85 bits per heavy atom. The number of halogens is 3. The summed E-state index contributed by atoms with van der Waals surface area (Å²) >= 11 is 0. The molecular weight excluding hydrogens is 367 g/mol. The zero-order valence-corrected chi connectivity index (χ0v) is 13.7. The highest BCUT2D eigenvalue weighted by molar-refractivity contribution is 6.10. The van der Waals surface area contributed by atoms with Gasteiger partial charge in [0.15, 0.2) is 5.76 Å². The van der Waals surface area contributed by atoms with E-state index in [1.807, 2.05) is 0 Å². The summed E-state index contributed by atoms with van der Waals surface area (Å²) in [5.41, 5.74) is -2.81. The van der Waals surface area contributed by atoms with E-state index in [0.717, 1.165) is 17.9 Å². The third kappa shape index (κ3) is 3.37. The van der Waals surface area contributed by atoms with E-state index in [-0.39, 0.29) is 13.0 Å². The number of nitrogens with zero attached hydrogens (tertiary/aromatic N) is 1. The van der Waals surface area contributed by atoms with Gasteiger partial charge in [0.1, 0.15) is 0 Å². The molecule has 1 aliphatic rings. The molecule has 0 saturated carbocycles. The molecule has 1 saturated heterocycles. The van der Waals surface area contributed by atoms with Crippen LogP contribution in [0.15, 0.2) is 53.1 Å². The lowest BCUT2D eigenvalue weighted by molar-refractivity contribution is -0.200. The number of urea groups is 1. The number of alkyl halides is 3. The Labute approximate surface area is 151 Å². The van der Waals surface area contributed by atoms with Crippen molar-refractivity contribution < 1.29 is 32.0 Å². The molecule has 1 aromatic carbocycles. The lowest BCUT2D eigenvalue weighted by atomic mass is 10.1. The second-order valence-electron chi connectivity index (χ2n) is 5.80. The first kappa shape index (κ1) is 18.5. The maximum absolute atomic E-state index is 13.7. The van der Waals surface area contributed by atoms with Crippen LogP contribution < -0.4 is 10.6 Å². The van der Waals surface area contributed by atoms with Gasteiger partial charge in [0, 0.05) is 6.54 Å². The van der Waals surface area contributed by atoms with Gasteiger partial charge in [0.2, 0.25) is 0 Å². The van der Waals surface area contributed by atoms with Crippen LogP contribution >= 0.6 is 0 Å². The smallest absolute Gasteiger partial charge is 0.440 e.